The van der Waals surface area contributed by atoms with E-state index in [-0.39, 0.29) is 25.0 Å². The molecule has 19 heteroatoms. The molecule has 0 aliphatic carbocycles. The van der Waals surface area contributed by atoms with Crippen molar-refractivity contribution < 1.29 is 85.4 Å². The summed E-state index contributed by atoms with van der Waals surface area (Å²) in [7, 11) is 1.64. The van der Waals surface area contributed by atoms with Crippen molar-refractivity contribution in [2.24, 2.45) is 0 Å². The van der Waals surface area contributed by atoms with Crippen LogP contribution in [0.5, 0.6) is 0 Å². The zero-order valence-corrected chi connectivity index (χ0v) is 35.7. The number of hydrogen-bond acceptors (Lipinski definition) is 18. The molecule has 60 heavy (non-hydrogen) atoms. The zero-order valence-electron chi connectivity index (χ0n) is 35.7. The van der Waals surface area contributed by atoms with E-state index in [0.29, 0.717) is 209 Å². The number of benzene rings is 1. The topological polar surface area (TPSA) is 185 Å². The number of hydrogen-bond donors (Lipinski definition) is 0. The molecule has 1 aliphatic heterocycles. The minimum Gasteiger partial charge on any atom is -0.382 e. The minimum absolute atomic E-state index is 0.210. The first kappa shape index (κ1) is 53.9. The highest BCUT2D eigenvalue weighted by Crippen LogP contribution is 2.21. The Hall–Kier alpha value is -2.28. The summed E-state index contributed by atoms with van der Waals surface area (Å²) in [5, 5.41) is 0. The van der Waals surface area contributed by atoms with Gasteiger partial charge in [0, 0.05) is 7.11 Å². The fourth-order valence-electron chi connectivity index (χ4n) is 4.92. The molecule has 0 unspecified atom stereocenters. The van der Waals surface area contributed by atoms with E-state index in [9.17, 15) is 9.59 Å². The molecule has 0 saturated carbocycles. The highest BCUT2D eigenvalue weighted by atomic mass is 16.6. The van der Waals surface area contributed by atoms with Gasteiger partial charge in [0.15, 0.2) is 0 Å². The van der Waals surface area contributed by atoms with E-state index in [1.54, 1.807) is 31.4 Å². The highest BCUT2D eigenvalue weighted by molar-refractivity contribution is 6.21. The molecule has 0 atom stereocenters. The Morgan fingerprint density at radius 2 is 0.483 bits per heavy atom. The Morgan fingerprint density at radius 3 is 0.683 bits per heavy atom. The zero-order chi connectivity index (χ0) is 42.7. The van der Waals surface area contributed by atoms with Gasteiger partial charge in [-0.2, -0.15) is 0 Å². The lowest BCUT2D eigenvalue weighted by Crippen LogP contribution is -2.33. The lowest BCUT2D eigenvalue weighted by molar-refractivity contribution is -0.0303. The number of fused-ring (bicyclic) bond motifs is 1. The van der Waals surface area contributed by atoms with Gasteiger partial charge in [-0.1, -0.05) is 12.1 Å². The number of carbonyl (C=O) groups is 2. The Morgan fingerprint density at radius 1 is 0.300 bits per heavy atom. The molecule has 19 nitrogen and oxygen atoms in total. The van der Waals surface area contributed by atoms with Crippen LogP contribution in [-0.4, -0.2) is 235 Å². The lowest BCUT2D eigenvalue weighted by atomic mass is 10.1. The van der Waals surface area contributed by atoms with Gasteiger partial charge in [0.1, 0.15) is 0 Å². The maximum Gasteiger partial charge on any atom is 0.261 e. The molecule has 2 amide bonds. The smallest absolute Gasteiger partial charge is 0.261 e. The maximum absolute atomic E-state index is 12.3. The average Bonchev–Trinajstić information content (AvgIpc) is 3.50. The Labute approximate surface area is 355 Å². The van der Waals surface area contributed by atoms with E-state index >= 15 is 0 Å². The van der Waals surface area contributed by atoms with Crippen LogP contribution < -0.4 is 0 Å². The van der Waals surface area contributed by atoms with E-state index in [4.69, 9.17) is 75.8 Å². The van der Waals surface area contributed by atoms with Crippen LogP contribution in [0, 0.1) is 0 Å². The van der Waals surface area contributed by atoms with Gasteiger partial charge in [0.25, 0.3) is 11.8 Å². The van der Waals surface area contributed by atoms with Gasteiger partial charge in [0.2, 0.25) is 0 Å². The van der Waals surface area contributed by atoms with Gasteiger partial charge in [-0.3, -0.25) is 14.5 Å². The summed E-state index contributed by atoms with van der Waals surface area (Å²) >= 11 is 0. The van der Waals surface area contributed by atoms with Crippen LogP contribution in [0.25, 0.3) is 0 Å². The van der Waals surface area contributed by atoms with Crippen molar-refractivity contribution in [2.45, 2.75) is 0 Å². The largest absolute Gasteiger partial charge is 0.382 e. The highest BCUT2D eigenvalue weighted by Gasteiger charge is 2.34. The van der Waals surface area contributed by atoms with Crippen LogP contribution in [-0.2, 0) is 75.8 Å². The molecule has 0 radical (unpaired) electrons. The van der Waals surface area contributed by atoms with E-state index in [2.05, 4.69) is 0 Å². The standard InChI is InChI=1S/C41H71NO18/c1-45-8-9-47-12-13-49-16-17-51-20-21-53-24-25-55-28-29-57-32-33-59-36-37-60-35-34-58-31-30-56-27-26-54-23-22-52-19-18-50-15-14-48-11-10-46-7-6-42-40(43)38-4-2-3-5-39(38)41(42)44/h2-5H,6-37H2,1H3. The van der Waals surface area contributed by atoms with E-state index < -0.39 is 0 Å². The molecule has 0 N–H and O–H groups in total. The molecule has 0 aromatic heterocycles. The van der Waals surface area contributed by atoms with Gasteiger partial charge >= 0.3 is 0 Å². The van der Waals surface area contributed by atoms with Crippen molar-refractivity contribution in [1.29, 1.82) is 0 Å². The SMILES string of the molecule is COCCOCCOCCOCCOCCOCCOCCOCCOCCOCCOCCOCCOCCOCCOCCOCCN1C(=O)c2ccccc2C1=O. The molecule has 2 rings (SSSR count). The monoisotopic (exact) mass is 865 g/mol. The van der Waals surface area contributed by atoms with Crippen LogP contribution in [0.1, 0.15) is 20.7 Å². The number of ether oxygens (including phenoxy) is 16. The Balaban J connectivity index is 1.13. The van der Waals surface area contributed by atoms with E-state index in [0.717, 1.165) is 0 Å². The van der Waals surface area contributed by atoms with Crippen molar-refractivity contribution in [1.82, 2.24) is 4.90 Å². The van der Waals surface area contributed by atoms with E-state index in [1.165, 1.54) is 4.90 Å². The van der Waals surface area contributed by atoms with Crippen LogP contribution in [0.2, 0.25) is 0 Å². The predicted octanol–water partition coefficient (Wildman–Crippen LogP) is 1.18. The molecule has 1 heterocycles. The first-order valence-corrected chi connectivity index (χ1v) is 20.9. The summed E-state index contributed by atoms with van der Waals surface area (Å²) in [5.74, 6) is -0.562. The number of carbonyl (C=O) groups excluding carboxylic acids is 2. The molecule has 348 valence electrons. The van der Waals surface area contributed by atoms with Crippen LogP contribution in [0.4, 0.5) is 0 Å². The quantitative estimate of drug-likeness (QED) is 0.0671. The Kier molecular flexibility index (Phi) is 37.7. The summed E-state index contributed by atoms with van der Waals surface area (Å²) in [6.45, 7) is 15.1. The molecule has 0 fully saturated rings. The molecule has 1 aromatic rings. The number of amides is 2. The average molecular weight is 866 g/mol. The minimum atomic E-state index is -0.281. The summed E-state index contributed by atoms with van der Waals surface area (Å²) < 4.78 is 86.9. The number of rotatable bonds is 48. The summed E-state index contributed by atoms with van der Waals surface area (Å²) in [6.07, 6.45) is 0. The van der Waals surface area contributed by atoms with Gasteiger partial charge in [-0.25, -0.2) is 0 Å². The summed E-state index contributed by atoms with van der Waals surface area (Å²) in [5.41, 5.74) is 0.878. The first-order valence-electron chi connectivity index (χ1n) is 20.9. The fraction of sp³-hybridized carbons (Fsp3) is 0.805. The second-order valence-corrected chi connectivity index (χ2v) is 12.5. The number of nitrogens with zero attached hydrogens (tertiary/aromatic N) is 1. The number of imide groups is 1. The third-order valence-electron chi connectivity index (χ3n) is 7.98. The Bertz CT molecular complexity index is 1090. The van der Waals surface area contributed by atoms with Crippen LogP contribution in [0.15, 0.2) is 24.3 Å². The van der Waals surface area contributed by atoms with Gasteiger partial charge < -0.3 is 75.8 Å². The summed E-state index contributed by atoms with van der Waals surface area (Å²) in [4.78, 5) is 25.9. The molecule has 1 aliphatic rings. The third kappa shape index (κ3) is 30.7. The summed E-state index contributed by atoms with van der Waals surface area (Å²) in [6, 6.07) is 6.81. The first-order chi connectivity index (χ1) is 29.8. The van der Waals surface area contributed by atoms with Gasteiger partial charge in [-0.15, -0.1) is 0 Å². The normalized spacial score (nSPS) is 12.7. The van der Waals surface area contributed by atoms with Crippen molar-refractivity contribution in [3.8, 4) is 0 Å². The van der Waals surface area contributed by atoms with Crippen LogP contribution >= 0.6 is 0 Å². The van der Waals surface area contributed by atoms with Crippen LogP contribution in [0.3, 0.4) is 0 Å². The van der Waals surface area contributed by atoms with Crippen molar-refractivity contribution in [3.63, 3.8) is 0 Å². The molecular weight excluding hydrogens is 794 g/mol. The fourth-order valence-corrected chi connectivity index (χ4v) is 4.92. The van der Waals surface area contributed by atoms with Gasteiger partial charge in [-0.05, 0) is 12.1 Å². The van der Waals surface area contributed by atoms with Crippen molar-refractivity contribution in [3.05, 3.63) is 35.4 Å². The molecule has 0 spiro atoms. The lowest BCUT2D eigenvalue weighted by Gasteiger charge is -2.13. The van der Waals surface area contributed by atoms with E-state index in [1.807, 2.05) is 0 Å². The predicted molar refractivity (Wildman–Crippen MR) is 216 cm³/mol. The second-order valence-electron chi connectivity index (χ2n) is 12.5. The molecule has 0 bridgehead atoms. The van der Waals surface area contributed by atoms with Gasteiger partial charge in [0.05, 0.1) is 222 Å². The van der Waals surface area contributed by atoms with Crippen molar-refractivity contribution >= 4 is 11.8 Å². The second kappa shape index (κ2) is 42.0. The number of methoxy groups -OCH3 is 1. The molecule has 1 aromatic carbocycles. The maximum atomic E-state index is 12.3. The van der Waals surface area contributed by atoms with Crippen molar-refractivity contribution in [2.75, 3.05) is 218 Å². The third-order valence-corrected chi connectivity index (χ3v) is 7.98. The molecule has 0 saturated heterocycles. The molecular formula is C41H71NO18.